The van der Waals surface area contributed by atoms with Crippen molar-refractivity contribution in [3.63, 3.8) is 0 Å². The quantitative estimate of drug-likeness (QED) is 0.686. The monoisotopic (exact) mass is 345 g/mol. The average Bonchev–Trinajstić information content (AvgIpc) is 3.24. The van der Waals surface area contributed by atoms with Crippen LogP contribution in [0.1, 0.15) is 31.4 Å². The summed E-state index contributed by atoms with van der Waals surface area (Å²) >= 11 is 0. The van der Waals surface area contributed by atoms with E-state index in [4.69, 9.17) is 4.74 Å². The van der Waals surface area contributed by atoms with Gasteiger partial charge in [-0.25, -0.2) is 8.78 Å². The van der Waals surface area contributed by atoms with Gasteiger partial charge in [-0.1, -0.05) is 56.3 Å². The van der Waals surface area contributed by atoms with E-state index in [0.29, 0.717) is 17.7 Å². The van der Waals surface area contributed by atoms with Crippen molar-refractivity contribution < 1.29 is 13.5 Å². The lowest BCUT2D eigenvalue weighted by Crippen LogP contribution is -2.27. The molecule has 1 aliphatic rings. The molecule has 1 fully saturated rings. The summed E-state index contributed by atoms with van der Waals surface area (Å²) in [6.07, 6.45) is -0.133. The van der Waals surface area contributed by atoms with Crippen LogP contribution in [0.3, 0.4) is 0 Å². The Hall–Kier alpha value is -1.94. The second-order valence-electron chi connectivity index (χ2n) is 6.55. The number of hydrogen-bond acceptors (Lipinski definition) is 2. The van der Waals surface area contributed by atoms with Crippen LogP contribution < -0.4 is 4.74 Å². The zero-order chi connectivity index (χ0) is 17.9. The van der Waals surface area contributed by atoms with Gasteiger partial charge in [0.1, 0.15) is 12.4 Å². The zero-order valence-corrected chi connectivity index (χ0v) is 14.8. The molecule has 2 aromatic carbocycles. The number of hydrogen-bond donors (Lipinski definition) is 0. The van der Waals surface area contributed by atoms with Crippen LogP contribution in [0.25, 0.3) is 0 Å². The SMILES string of the molecule is CCN(CC)CCOc1ccc(C2(c3ccccc3)CC2(F)F)cc1. The van der Waals surface area contributed by atoms with E-state index in [0.717, 1.165) is 25.4 Å². The van der Waals surface area contributed by atoms with Crippen molar-refractivity contribution >= 4 is 0 Å². The molecule has 2 nitrogen and oxygen atoms in total. The Balaban J connectivity index is 1.71. The van der Waals surface area contributed by atoms with Gasteiger partial charge in [0.15, 0.2) is 0 Å². The first kappa shape index (κ1) is 17.9. The fourth-order valence-electron chi connectivity index (χ4n) is 3.47. The number of nitrogens with zero attached hydrogens (tertiary/aromatic N) is 1. The van der Waals surface area contributed by atoms with Gasteiger partial charge in [-0.3, -0.25) is 0 Å². The minimum atomic E-state index is -2.69. The van der Waals surface area contributed by atoms with E-state index in [1.807, 2.05) is 18.2 Å². The molecule has 25 heavy (non-hydrogen) atoms. The summed E-state index contributed by atoms with van der Waals surface area (Å²) < 4.78 is 34.3. The van der Waals surface area contributed by atoms with Gasteiger partial charge in [0.2, 0.25) is 0 Å². The van der Waals surface area contributed by atoms with Crippen LogP contribution in [0.15, 0.2) is 54.6 Å². The molecule has 0 amide bonds. The lowest BCUT2D eigenvalue weighted by atomic mass is 9.87. The normalized spacial score (nSPS) is 21.3. The zero-order valence-electron chi connectivity index (χ0n) is 14.8. The van der Waals surface area contributed by atoms with Crippen LogP contribution >= 0.6 is 0 Å². The van der Waals surface area contributed by atoms with Crippen LogP contribution in [0.5, 0.6) is 5.75 Å². The van der Waals surface area contributed by atoms with Crippen molar-refractivity contribution in [2.24, 2.45) is 0 Å². The highest BCUT2D eigenvalue weighted by molar-refractivity contribution is 5.51. The molecule has 1 aliphatic carbocycles. The second kappa shape index (κ2) is 7.12. The summed E-state index contributed by atoms with van der Waals surface area (Å²) in [5, 5.41) is 0. The van der Waals surface area contributed by atoms with Crippen LogP contribution in [0, 0.1) is 0 Å². The molecule has 1 saturated carbocycles. The van der Waals surface area contributed by atoms with E-state index in [9.17, 15) is 8.78 Å². The van der Waals surface area contributed by atoms with Gasteiger partial charge in [0.25, 0.3) is 5.92 Å². The molecule has 0 aromatic heterocycles. The van der Waals surface area contributed by atoms with E-state index in [2.05, 4.69) is 18.7 Å². The molecule has 4 heteroatoms. The third-order valence-electron chi connectivity index (χ3n) is 5.17. The predicted octanol–water partition coefficient (Wildman–Crippen LogP) is 4.73. The highest BCUT2D eigenvalue weighted by Gasteiger charge is 2.72. The lowest BCUT2D eigenvalue weighted by molar-refractivity contribution is 0.0966. The summed E-state index contributed by atoms with van der Waals surface area (Å²) in [4.78, 5) is 2.28. The topological polar surface area (TPSA) is 12.5 Å². The molecule has 134 valence electrons. The molecule has 1 unspecified atom stereocenters. The van der Waals surface area contributed by atoms with Gasteiger partial charge < -0.3 is 9.64 Å². The number of rotatable bonds is 8. The van der Waals surface area contributed by atoms with Gasteiger partial charge in [-0.15, -0.1) is 0 Å². The van der Waals surface area contributed by atoms with Crippen molar-refractivity contribution in [2.45, 2.75) is 31.6 Å². The van der Waals surface area contributed by atoms with E-state index in [1.165, 1.54) is 0 Å². The Kier molecular flexibility index (Phi) is 5.09. The summed E-state index contributed by atoms with van der Waals surface area (Å²) in [6.45, 7) is 7.69. The van der Waals surface area contributed by atoms with Crippen molar-refractivity contribution in [3.05, 3.63) is 65.7 Å². The van der Waals surface area contributed by atoms with Crippen LogP contribution in [0.4, 0.5) is 8.78 Å². The molecule has 3 rings (SSSR count). The number of likely N-dealkylation sites (N-methyl/N-ethyl adjacent to an activating group) is 1. The molecule has 0 N–H and O–H groups in total. The molecule has 0 bridgehead atoms. The lowest BCUT2D eigenvalue weighted by Gasteiger charge is -2.19. The summed E-state index contributed by atoms with van der Waals surface area (Å²) in [5.74, 6) is -1.97. The van der Waals surface area contributed by atoms with Crippen molar-refractivity contribution in [1.29, 1.82) is 0 Å². The largest absolute Gasteiger partial charge is 0.492 e. The van der Waals surface area contributed by atoms with Gasteiger partial charge in [-0.05, 0) is 36.3 Å². The van der Waals surface area contributed by atoms with Gasteiger partial charge in [0, 0.05) is 13.0 Å². The van der Waals surface area contributed by atoms with Crippen LogP contribution in [-0.2, 0) is 5.41 Å². The van der Waals surface area contributed by atoms with E-state index < -0.39 is 11.3 Å². The summed E-state index contributed by atoms with van der Waals surface area (Å²) in [5.41, 5.74) is 0.142. The standard InChI is InChI=1S/C21H25F2NO/c1-3-24(4-2)14-15-25-19-12-10-18(11-13-19)20(16-21(20,22)23)17-8-6-5-7-9-17/h5-13H,3-4,14-16H2,1-2H3. The van der Waals surface area contributed by atoms with Gasteiger partial charge >= 0.3 is 0 Å². The molecule has 0 radical (unpaired) electrons. The first-order valence-electron chi connectivity index (χ1n) is 8.92. The smallest absolute Gasteiger partial charge is 0.263 e. The molecule has 0 saturated heterocycles. The molecule has 0 aliphatic heterocycles. The summed E-state index contributed by atoms with van der Waals surface area (Å²) in [6, 6.07) is 16.2. The maximum absolute atomic E-state index is 14.3. The number of benzene rings is 2. The maximum atomic E-state index is 14.3. The summed E-state index contributed by atoms with van der Waals surface area (Å²) in [7, 11) is 0. The molecule has 2 aromatic rings. The minimum Gasteiger partial charge on any atom is -0.492 e. The van der Waals surface area contributed by atoms with Gasteiger partial charge in [0.05, 0.1) is 5.41 Å². The Morgan fingerprint density at radius 3 is 2.00 bits per heavy atom. The fraction of sp³-hybridized carbons (Fsp3) is 0.429. The first-order chi connectivity index (χ1) is 12.0. The first-order valence-corrected chi connectivity index (χ1v) is 8.92. The number of alkyl halides is 2. The highest BCUT2D eigenvalue weighted by Crippen LogP contribution is 2.65. The molecular weight excluding hydrogens is 320 g/mol. The number of halogens is 2. The van der Waals surface area contributed by atoms with Crippen molar-refractivity contribution in [3.8, 4) is 5.75 Å². The third kappa shape index (κ3) is 3.40. The van der Waals surface area contributed by atoms with E-state index in [-0.39, 0.29) is 6.42 Å². The fourth-order valence-corrected chi connectivity index (χ4v) is 3.47. The van der Waals surface area contributed by atoms with Crippen LogP contribution in [0.2, 0.25) is 0 Å². The van der Waals surface area contributed by atoms with Gasteiger partial charge in [-0.2, -0.15) is 0 Å². The molecule has 0 spiro atoms. The molecule has 0 heterocycles. The average molecular weight is 345 g/mol. The third-order valence-corrected chi connectivity index (χ3v) is 5.17. The Morgan fingerprint density at radius 1 is 0.920 bits per heavy atom. The second-order valence-corrected chi connectivity index (χ2v) is 6.55. The van der Waals surface area contributed by atoms with E-state index >= 15 is 0 Å². The van der Waals surface area contributed by atoms with Crippen molar-refractivity contribution in [2.75, 3.05) is 26.2 Å². The Morgan fingerprint density at radius 2 is 1.48 bits per heavy atom. The maximum Gasteiger partial charge on any atom is 0.263 e. The Labute approximate surface area is 148 Å². The van der Waals surface area contributed by atoms with Crippen molar-refractivity contribution in [1.82, 2.24) is 4.90 Å². The molecular formula is C21H25F2NO. The van der Waals surface area contributed by atoms with E-state index in [1.54, 1.807) is 36.4 Å². The number of ether oxygens (including phenoxy) is 1. The Bertz CT molecular complexity index is 683. The van der Waals surface area contributed by atoms with Crippen LogP contribution in [-0.4, -0.2) is 37.1 Å². The predicted molar refractivity (Wildman–Crippen MR) is 96.5 cm³/mol. The molecule has 1 atom stereocenters. The minimum absolute atomic E-state index is 0.133. The highest BCUT2D eigenvalue weighted by atomic mass is 19.3.